The number of rotatable bonds is 5. The molecule has 0 bridgehead atoms. The Kier molecular flexibility index (Phi) is 4.97. The van der Waals surface area contributed by atoms with E-state index in [9.17, 15) is 9.59 Å². The van der Waals surface area contributed by atoms with Gasteiger partial charge < -0.3 is 15.4 Å². The van der Waals surface area contributed by atoms with E-state index < -0.39 is 5.25 Å². The lowest BCUT2D eigenvalue weighted by Crippen LogP contribution is -2.27. The van der Waals surface area contributed by atoms with E-state index >= 15 is 0 Å². The van der Waals surface area contributed by atoms with E-state index in [1.807, 2.05) is 6.92 Å². The van der Waals surface area contributed by atoms with Gasteiger partial charge in [0, 0.05) is 12.1 Å². The fraction of sp³-hybridized carbons (Fsp3) is 0.308. The van der Waals surface area contributed by atoms with Gasteiger partial charge in [-0.3, -0.25) is 9.59 Å². The molecule has 106 valence electrons. The Balaban J connectivity index is 1.88. The SMILES string of the molecule is CCOc1ccc(NC(=O)C[C@@H]2SC(=S)NC2=O)cc1. The van der Waals surface area contributed by atoms with Gasteiger partial charge in [0.05, 0.1) is 11.9 Å². The number of thiocarbonyl (C=S) groups is 1. The number of ether oxygens (including phenoxy) is 1. The summed E-state index contributed by atoms with van der Waals surface area (Å²) in [5, 5.41) is 4.82. The zero-order valence-electron chi connectivity index (χ0n) is 10.8. The summed E-state index contributed by atoms with van der Waals surface area (Å²) < 4.78 is 5.74. The van der Waals surface area contributed by atoms with E-state index in [0.717, 1.165) is 5.75 Å². The van der Waals surface area contributed by atoms with Crippen LogP contribution in [0.5, 0.6) is 5.75 Å². The van der Waals surface area contributed by atoms with Crippen molar-refractivity contribution in [2.45, 2.75) is 18.6 Å². The summed E-state index contributed by atoms with van der Waals surface area (Å²) in [6.07, 6.45) is 0.101. The molecular formula is C13H14N2O3S2. The minimum Gasteiger partial charge on any atom is -0.494 e. The van der Waals surface area contributed by atoms with Crippen LogP contribution in [-0.4, -0.2) is 28.0 Å². The van der Waals surface area contributed by atoms with Crippen molar-refractivity contribution in [2.75, 3.05) is 11.9 Å². The van der Waals surface area contributed by atoms with Crippen molar-refractivity contribution in [3.8, 4) is 5.75 Å². The fourth-order valence-electron chi connectivity index (χ4n) is 1.71. The Hall–Kier alpha value is -1.60. The lowest BCUT2D eigenvalue weighted by molar-refractivity contribution is -0.122. The Morgan fingerprint density at radius 3 is 2.70 bits per heavy atom. The van der Waals surface area contributed by atoms with Crippen LogP contribution in [0.3, 0.4) is 0 Å². The zero-order chi connectivity index (χ0) is 14.5. The van der Waals surface area contributed by atoms with Crippen LogP contribution in [0, 0.1) is 0 Å². The van der Waals surface area contributed by atoms with Gasteiger partial charge in [-0.05, 0) is 31.2 Å². The first-order valence-corrected chi connectivity index (χ1v) is 7.41. The molecule has 1 fully saturated rings. The Morgan fingerprint density at radius 2 is 2.15 bits per heavy atom. The van der Waals surface area contributed by atoms with Gasteiger partial charge in [-0.2, -0.15) is 0 Å². The maximum Gasteiger partial charge on any atom is 0.239 e. The molecule has 1 aromatic rings. The van der Waals surface area contributed by atoms with Crippen molar-refractivity contribution < 1.29 is 14.3 Å². The number of anilines is 1. The molecule has 7 heteroatoms. The zero-order valence-corrected chi connectivity index (χ0v) is 12.5. The molecule has 20 heavy (non-hydrogen) atoms. The number of hydrogen-bond donors (Lipinski definition) is 2. The third kappa shape index (κ3) is 3.94. The van der Waals surface area contributed by atoms with Crippen molar-refractivity contribution in [3.63, 3.8) is 0 Å². The van der Waals surface area contributed by atoms with Crippen molar-refractivity contribution in [1.82, 2.24) is 5.32 Å². The molecule has 0 saturated carbocycles. The van der Waals surface area contributed by atoms with Crippen LogP contribution in [0.4, 0.5) is 5.69 Å². The maximum atomic E-state index is 11.9. The van der Waals surface area contributed by atoms with Crippen LogP contribution < -0.4 is 15.4 Å². The minimum atomic E-state index is -0.440. The number of benzene rings is 1. The minimum absolute atomic E-state index is 0.101. The molecule has 1 heterocycles. The molecule has 0 radical (unpaired) electrons. The van der Waals surface area contributed by atoms with E-state index in [1.54, 1.807) is 24.3 Å². The molecule has 1 aliphatic rings. The molecule has 0 aliphatic carbocycles. The molecule has 0 spiro atoms. The van der Waals surface area contributed by atoms with Crippen LogP contribution >= 0.6 is 24.0 Å². The normalized spacial score (nSPS) is 17.8. The molecular weight excluding hydrogens is 296 g/mol. The second-order valence-electron chi connectivity index (χ2n) is 4.09. The molecule has 1 aliphatic heterocycles. The summed E-state index contributed by atoms with van der Waals surface area (Å²) in [6.45, 7) is 2.50. The van der Waals surface area contributed by atoms with Gasteiger partial charge >= 0.3 is 0 Å². The predicted molar refractivity (Wildman–Crippen MR) is 83.0 cm³/mol. The lowest BCUT2D eigenvalue weighted by Gasteiger charge is -2.08. The van der Waals surface area contributed by atoms with Crippen molar-refractivity contribution >= 4 is 45.8 Å². The first-order valence-electron chi connectivity index (χ1n) is 6.12. The van der Waals surface area contributed by atoms with Crippen molar-refractivity contribution in [1.29, 1.82) is 0 Å². The number of carbonyl (C=O) groups is 2. The molecule has 2 amide bonds. The monoisotopic (exact) mass is 310 g/mol. The highest BCUT2D eigenvalue weighted by molar-refractivity contribution is 8.24. The average molecular weight is 310 g/mol. The molecule has 1 saturated heterocycles. The first kappa shape index (κ1) is 14.8. The fourth-order valence-corrected chi connectivity index (χ4v) is 2.98. The van der Waals surface area contributed by atoms with Gasteiger partial charge in [0.2, 0.25) is 11.8 Å². The number of hydrogen-bond acceptors (Lipinski definition) is 5. The second-order valence-corrected chi connectivity index (χ2v) is 5.97. The van der Waals surface area contributed by atoms with Gasteiger partial charge in [-0.25, -0.2) is 0 Å². The third-order valence-electron chi connectivity index (χ3n) is 2.59. The highest BCUT2D eigenvalue weighted by Crippen LogP contribution is 2.23. The number of thioether (sulfide) groups is 1. The van der Waals surface area contributed by atoms with Gasteiger partial charge in [0.1, 0.15) is 10.1 Å². The summed E-state index contributed by atoms with van der Waals surface area (Å²) in [6, 6.07) is 7.08. The summed E-state index contributed by atoms with van der Waals surface area (Å²) in [5.74, 6) is 0.329. The topological polar surface area (TPSA) is 67.4 Å². The highest BCUT2D eigenvalue weighted by atomic mass is 32.2. The van der Waals surface area contributed by atoms with Crippen molar-refractivity contribution in [2.24, 2.45) is 0 Å². The number of nitrogens with one attached hydrogen (secondary N) is 2. The van der Waals surface area contributed by atoms with Gasteiger partial charge in [0.15, 0.2) is 0 Å². The molecule has 0 unspecified atom stereocenters. The van der Waals surface area contributed by atoms with Crippen LogP contribution in [-0.2, 0) is 9.59 Å². The molecule has 0 aromatic heterocycles. The average Bonchev–Trinajstić information content (AvgIpc) is 2.70. The smallest absolute Gasteiger partial charge is 0.239 e. The number of carbonyl (C=O) groups excluding carboxylic acids is 2. The van der Waals surface area contributed by atoms with E-state index in [0.29, 0.717) is 16.6 Å². The highest BCUT2D eigenvalue weighted by Gasteiger charge is 2.30. The van der Waals surface area contributed by atoms with Crippen LogP contribution in [0.25, 0.3) is 0 Å². The van der Waals surface area contributed by atoms with E-state index in [-0.39, 0.29) is 18.2 Å². The summed E-state index contributed by atoms with van der Waals surface area (Å²) in [4.78, 5) is 23.3. The Bertz CT molecular complexity index is 531. The summed E-state index contributed by atoms with van der Waals surface area (Å²) >= 11 is 6.09. The van der Waals surface area contributed by atoms with Gasteiger partial charge in [-0.15, -0.1) is 0 Å². The van der Waals surface area contributed by atoms with Gasteiger partial charge in [-0.1, -0.05) is 24.0 Å². The Labute approximate surface area is 126 Å². The quantitative estimate of drug-likeness (QED) is 0.814. The van der Waals surface area contributed by atoms with Crippen molar-refractivity contribution in [3.05, 3.63) is 24.3 Å². The predicted octanol–water partition coefficient (Wildman–Crippen LogP) is 1.93. The number of amides is 2. The molecule has 2 N–H and O–H groups in total. The molecule has 1 atom stereocenters. The van der Waals surface area contributed by atoms with Gasteiger partial charge in [0.25, 0.3) is 0 Å². The summed E-state index contributed by atoms with van der Waals surface area (Å²) in [7, 11) is 0. The molecule has 5 nitrogen and oxygen atoms in total. The van der Waals surface area contributed by atoms with Crippen LogP contribution in [0.15, 0.2) is 24.3 Å². The molecule has 1 aromatic carbocycles. The van der Waals surface area contributed by atoms with E-state index in [2.05, 4.69) is 10.6 Å². The first-order chi connectivity index (χ1) is 9.58. The standard InChI is InChI=1S/C13H14N2O3S2/c1-2-18-9-5-3-8(4-6-9)14-11(16)7-10-12(17)15-13(19)20-10/h3-6,10H,2,7H2,1H3,(H,14,16)(H,15,17,19)/t10-/m0/s1. The second kappa shape index (κ2) is 6.71. The Morgan fingerprint density at radius 1 is 1.45 bits per heavy atom. The maximum absolute atomic E-state index is 11.9. The lowest BCUT2D eigenvalue weighted by atomic mass is 10.2. The van der Waals surface area contributed by atoms with Crippen LogP contribution in [0.1, 0.15) is 13.3 Å². The van der Waals surface area contributed by atoms with Crippen LogP contribution in [0.2, 0.25) is 0 Å². The summed E-state index contributed by atoms with van der Waals surface area (Å²) in [5.41, 5.74) is 0.671. The van der Waals surface area contributed by atoms with E-state index in [4.69, 9.17) is 17.0 Å². The largest absolute Gasteiger partial charge is 0.494 e. The van der Waals surface area contributed by atoms with E-state index in [1.165, 1.54) is 11.8 Å². The third-order valence-corrected chi connectivity index (χ3v) is 3.96. The molecule has 2 rings (SSSR count).